The lowest BCUT2D eigenvalue weighted by atomic mass is 9.69. The Bertz CT molecular complexity index is 1270. The number of hydrogen-bond donors (Lipinski definition) is 2. The summed E-state index contributed by atoms with van der Waals surface area (Å²) >= 11 is 0. The largest absolute Gasteiger partial charge is 0.496 e. The molecular weight excluding hydrogens is 548 g/mol. The predicted octanol–water partition coefficient (Wildman–Crippen LogP) is 1.63. The Hall–Kier alpha value is -3.01. The number of hydrogen-bond acceptors (Lipinski definition) is 10. The SMILES string of the molecule is C=CC(=O)N1CCN(C2NC(OCC3CCCN3C)NC3C(=O)[C@]4(CCc5c(OC)cccc5O4)CCC32)CC1CC#N. The second kappa shape index (κ2) is 12.5. The van der Waals surface area contributed by atoms with Crippen LogP contribution in [0.5, 0.6) is 11.5 Å². The Morgan fingerprint density at radius 1 is 1.23 bits per heavy atom. The number of fused-ring (bicyclic) bond motifs is 2. The van der Waals surface area contributed by atoms with E-state index in [-0.39, 0.29) is 36.2 Å². The molecule has 1 saturated carbocycles. The lowest BCUT2D eigenvalue weighted by molar-refractivity contribution is -0.160. The van der Waals surface area contributed by atoms with E-state index in [1.165, 1.54) is 6.08 Å². The monoisotopic (exact) mass is 592 g/mol. The van der Waals surface area contributed by atoms with E-state index in [9.17, 15) is 14.9 Å². The number of nitriles is 1. The number of carbonyl (C=O) groups excluding carboxylic acids is 2. The second-order valence-electron chi connectivity index (χ2n) is 12.6. The molecule has 3 saturated heterocycles. The van der Waals surface area contributed by atoms with E-state index in [1.807, 2.05) is 18.2 Å². The molecule has 1 aliphatic carbocycles. The highest BCUT2D eigenvalue weighted by Crippen LogP contribution is 2.45. The zero-order chi connectivity index (χ0) is 30.1. The first-order valence-electron chi connectivity index (χ1n) is 15.6. The molecule has 1 spiro atoms. The van der Waals surface area contributed by atoms with E-state index in [0.717, 1.165) is 42.9 Å². The first-order chi connectivity index (χ1) is 20.9. The summed E-state index contributed by atoms with van der Waals surface area (Å²) in [5.41, 5.74) is 0.114. The lowest BCUT2D eigenvalue weighted by Crippen LogP contribution is -2.76. The minimum Gasteiger partial charge on any atom is -0.496 e. The number of amides is 1. The number of carbonyl (C=O) groups is 2. The number of nitrogens with one attached hydrogen (secondary N) is 2. The lowest BCUT2D eigenvalue weighted by Gasteiger charge is -2.54. The zero-order valence-corrected chi connectivity index (χ0v) is 25.3. The molecule has 6 rings (SSSR count). The molecule has 0 radical (unpaired) electrons. The van der Waals surface area contributed by atoms with Crippen molar-refractivity contribution < 1.29 is 23.8 Å². The maximum atomic E-state index is 14.5. The molecule has 232 valence electrons. The molecule has 43 heavy (non-hydrogen) atoms. The summed E-state index contributed by atoms with van der Waals surface area (Å²) in [7, 11) is 3.79. The van der Waals surface area contributed by atoms with Crippen molar-refractivity contribution in [3.05, 3.63) is 36.4 Å². The van der Waals surface area contributed by atoms with Crippen LogP contribution in [-0.2, 0) is 20.7 Å². The standard InChI is InChI=1S/C32H44N6O5/c1-4-27(39)38-18-17-37(19-21(38)12-15-33)30-24-11-14-32(13-10-23-25(41-3)8-5-9-26(23)43-32)29(40)28(24)34-31(35-30)42-20-22-7-6-16-36(22)2/h4-5,8-9,21-22,24,28,30-31,34-35H,1,6-7,10-14,16-20H2,2-3H3/t21?,22?,24?,28?,30?,31?,32-/m0/s1. The molecule has 4 aliphatic heterocycles. The number of ether oxygens (including phenoxy) is 3. The minimum atomic E-state index is -0.899. The van der Waals surface area contributed by atoms with Gasteiger partial charge in [-0.3, -0.25) is 25.1 Å². The Morgan fingerprint density at radius 2 is 2.09 bits per heavy atom. The highest BCUT2D eigenvalue weighted by Gasteiger charge is 2.57. The van der Waals surface area contributed by atoms with Gasteiger partial charge in [0, 0.05) is 37.2 Å². The predicted molar refractivity (Wildman–Crippen MR) is 159 cm³/mol. The van der Waals surface area contributed by atoms with E-state index in [4.69, 9.17) is 14.2 Å². The first-order valence-corrected chi connectivity index (χ1v) is 15.6. The van der Waals surface area contributed by atoms with Crippen LogP contribution in [0.2, 0.25) is 0 Å². The molecule has 2 N–H and O–H groups in total. The topological polar surface area (TPSA) is 119 Å². The Kier molecular flexibility index (Phi) is 8.76. The smallest absolute Gasteiger partial charge is 0.246 e. The number of likely N-dealkylation sites (tertiary alicyclic amines) is 1. The van der Waals surface area contributed by atoms with Crippen LogP contribution in [0.1, 0.15) is 44.1 Å². The summed E-state index contributed by atoms with van der Waals surface area (Å²) in [6.45, 7) is 6.94. The number of rotatable bonds is 7. The number of piperazine rings is 1. The van der Waals surface area contributed by atoms with Crippen molar-refractivity contribution >= 4 is 11.7 Å². The Labute approximate surface area is 254 Å². The fourth-order valence-electron chi connectivity index (χ4n) is 7.90. The average Bonchev–Trinajstić information content (AvgIpc) is 3.45. The van der Waals surface area contributed by atoms with E-state index in [2.05, 4.69) is 40.1 Å². The Morgan fingerprint density at radius 3 is 2.84 bits per heavy atom. The van der Waals surface area contributed by atoms with Gasteiger partial charge in [0.25, 0.3) is 0 Å². The van der Waals surface area contributed by atoms with Crippen LogP contribution < -0.4 is 20.1 Å². The fraction of sp³-hybridized carbons (Fsp3) is 0.656. The summed E-state index contributed by atoms with van der Waals surface area (Å²) in [5, 5.41) is 16.8. The highest BCUT2D eigenvalue weighted by molar-refractivity contribution is 5.94. The summed E-state index contributed by atoms with van der Waals surface area (Å²) in [5.74, 6) is 1.41. The summed E-state index contributed by atoms with van der Waals surface area (Å²) in [4.78, 5) is 33.4. The molecule has 0 aromatic heterocycles. The molecule has 1 aromatic carbocycles. The summed E-state index contributed by atoms with van der Waals surface area (Å²) in [6, 6.07) is 7.67. The molecule has 4 fully saturated rings. The number of ketones is 1. The molecule has 1 aromatic rings. The molecule has 5 aliphatic rings. The normalized spacial score (nSPS) is 34.6. The van der Waals surface area contributed by atoms with Gasteiger partial charge in [0.1, 0.15) is 11.5 Å². The van der Waals surface area contributed by atoms with Gasteiger partial charge in [0.15, 0.2) is 17.7 Å². The quantitative estimate of drug-likeness (QED) is 0.452. The van der Waals surface area contributed by atoms with Crippen molar-refractivity contribution in [2.45, 2.75) is 81.2 Å². The maximum Gasteiger partial charge on any atom is 0.246 e. The van der Waals surface area contributed by atoms with Gasteiger partial charge in [-0.05, 0) is 70.3 Å². The van der Waals surface area contributed by atoms with Crippen molar-refractivity contribution in [1.82, 2.24) is 25.3 Å². The molecule has 7 atom stereocenters. The van der Waals surface area contributed by atoms with Gasteiger partial charge in [0.2, 0.25) is 5.91 Å². The van der Waals surface area contributed by atoms with Gasteiger partial charge in [-0.15, -0.1) is 0 Å². The van der Waals surface area contributed by atoms with Crippen LogP contribution in [-0.4, -0.2) is 110 Å². The average molecular weight is 593 g/mol. The number of benzene rings is 1. The summed E-state index contributed by atoms with van der Waals surface area (Å²) in [6.07, 6.45) is 5.86. The molecule has 11 heteroatoms. The van der Waals surface area contributed by atoms with Gasteiger partial charge >= 0.3 is 0 Å². The molecular formula is C32H44N6O5. The van der Waals surface area contributed by atoms with E-state index in [1.54, 1.807) is 12.0 Å². The third kappa shape index (κ3) is 5.67. The van der Waals surface area contributed by atoms with Crippen molar-refractivity contribution in [2.75, 3.05) is 46.9 Å². The van der Waals surface area contributed by atoms with Crippen LogP contribution in [0.4, 0.5) is 0 Å². The highest BCUT2D eigenvalue weighted by atomic mass is 16.5. The van der Waals surface area contributed by atoms with Crippen molar-refractivity contribution in [1.29, 1.82) is 5.26 Å². The van der Waals surface area contributed by atoms with Gasteiger partial charge in [-0.25, -0.2) is 0 Å². The zero-order valence-electron chi connectivity index (χ0n) is 25.3. The summed E-state index contributed by atoms with van der Waals surface area (Å²) < 4.78 is 18.6. The maximum absolute atomic E-state index is 14.5. The van der Waals surface area contributed by atoms with Crippen molar-refractivity contribution in [2.24, 2.45) is 5.92 Å². The van der Waals surface area contributed by atoms with E-state index in [0.29, 0.717) is 51.5 Å². The number of Topliss-reactive ketones (excluding diaryl/α,β-unsaturated/α-hetero) is 1. The second-order valence-corrected chi connectivity index (χ2v) is 12.6. The number of methoxy groups -OCH3 is 1. The fourth-order valence-corrected chi connectivity index (χ4v) is 7.90. The number of nitrogens with zero attached hydrogens (tertiary/aromatic N) is 4. The van der Waals surface area contributed by atoms with Gasteiger partial charge in [-0.1, -0.05) is 12.6 Å². The third-order valence-corrected chi connectivity index (χ3v) is 10.3. The van der Waals surface area contributed by atoms with Crippen LogP contribution in [0.25, 0.3) is 0 Å². The molecule has 1 amide bonds. The van der Waals surface area contributed by atoms with Crippen LogP contribution in [0.15, 0.2) is 30.9 Å². The molecule has 4 heterocycles. The Balaban J connectivity index is 1.25. The van der Waals surface area contributed by atoms with Gasteiger partial charge in [-0.2, -0.15) is 5.26 Å². The van der Waals surface area contributed by atoms with Gasteiger partial charge in [0.05, 0.1) is 44.5 Å². The first kappa shape index (κ1) is 30.0. The number of likely N-dealkylation sites (N-methyl/N-ethyl adjacent to an activating group) is 1. The van der Waals surface area contributed by atoms with E-state index < -0.39 is 18.0 Å². The van der Waals surface area contributed by atoms with Crippen molar-refractivity contribution in [3.63, 3.8) is 0 Å². The van der Waals surface area contributed by atoms with Crippen LogP contribution >= 0.6 is 0 Å². The molecule has 6 unspecified atom stereocenters. The van der Waals surface area contributed by atoms with Crippen molar-refractivity contribution in [3.8, 4) is 17.6 Å². The van der Waals surface area contributed by atoms with Crippen LogP contribution in [0.3, 0.4) is 0 Å². The molecule has 11 nitrogen and oxygen atoms in total. The minimum absolute atomic E-state index is 0.0215. The van der Waals surface area contributed by atoms with E-state index >= 15 is 0 Å². The molecule has 0 bridgehead atoms. The van der Waals surface area contributed by atoms with Crippen LogP contribution in [0, 0.1) is 17.2 Å². The van der Waals surface area contributed by atoms with Gasteiger partial charge < -0.3 is 24.0 Å². The third-order valence-electron chi connectivity index (χ3n) is 10.3.